The molecule has 1 aromatic heterocycles. The van der Waals surface area contributed by atoms with Crippen LogP contribution in [0.25, 0.3) is 11.0 Å². The van der Waals surface area contributed by atoms with Gasteiger partial charge in [0.05, 0.1) is 24.1 Å². The van der Waals surface area contributed by atoms with Crippen molar-refractivity contribution >= 4 is 28.5 Å². The van der Waals surface area contributed by atoms with Gasteiger partial charge in [-0.15, -0.1) is 0 Å². The van der Waals surface area contributed by atoms with Gasteiger partial charge < -0.3 is 10.3 Å². The number of imidazole rings is 1. The van der Waals surface area contributed by atoms with Crippen molar-refractivity contribution in [3.05, 3.63) is 29.0 Å². The Balaban J connectivity index is 2.27. The van der Waals surface area contributed by atoms with Crippen LogP contribution in [0.15, 0.2) is 18.2 Å². The zero-order chi connectivity index (χ0) is 15.6. The van der Waals surface area contributed by atoms with Gasteiger partial charge in [0.1, 0.15) is 5.82 Å². The lowest BCUT2D eigenvalue weighted by atomic mass is 10.2. The third-order valence-electron chi connectivity index (χ3n) is 3.30. The highest BCUT2D eigenvalue weighted by molar-refractivity contribution is 6.31. The second-order valence-corrected chi connectivity index (χ2v) is 6.19. The van der Waals surface area contributed by atoms with E-state index in [1.807, 2.05) is 34.7 Å². The summed E-state index contributed by atoms with van der Waals surface area (Å²) in [5, 5.41) is 0.670. The molecule has 0 fully saturated rings. The van der Waals surface area contributed by atoms with E-state index in [4.69, 9.17) is 17.3 Å². The molecular weight excluding hydrogens is 288 g/mol. The normalized spacial score (nSPS) is 11.7. The average molecular weight is 309 g/mol. The van der Waals surface area contributed by atoms with Crippen molar-refractivity contribution in [1.29, 1.82) is 0 Å². The van der Waals surface area contributed by atoms with E-state index in [9.17, 15) is 4.79 Å². The predicted molar refractivity (Wildman–Crippen MR) is 85.0 cm³/mol. The Morgan fingerprint density at radius 2 is 2.19 bits per heavy atom. The van der Waals surface area contributed by atoms with Crippen molar-refractivity contribution in [2.45, 2.75) is 20.4 Å². The van der Waals surface area contributed by atoms with E-state index in [1.54, 1.807) is 0 Å². The van der Waals surface area contributed by atoms with Crippen LogP contribution < -0.4 is 5.73 Å². The van der Waals surface area contributed by atoms with E-state index in [-0.39, 0.29) is 12.5 Å². The van der Waals surface area contributed by atoms with Gasteiger partial charge in [0.2, 0.25) is 5.91 Å². The highest BCUT2D eigenvalue weighted by Crippen LogP contribution is 2.20. The standard InChI is InChI=1S/C15H21ClN4O/c1-10(2)7-20(8-14(17)21)9-15-18-12-6-11(16)4-5-13(12)19(15)3/h4-6,10H,7-9H2,1-3H3,(H2,17,21). The number of primary amides is 1. The lowest BCUT2D eigenvalue weighted by molar-refractivity contribution is -0.119. The van der Waals surface area contributed by atoms with Crippen LogP contribution in [0.2, 0.25) is 5.02 Å². The quantitative estimate of drug-likeness (QED) is 0.889. The molecule has 0 bridgehead atoms. The number of hydrogen-bond acceptors (Lipinski definition) is 3. The Morgan fingerprint density at radius 1 is 1.48 bits per heavy atom. The number of amides is 1. The van der Waals surface area contributed by atoms with E-state index in [2.05, 4.69) is 18.8 Å². The number of aromatic nitrogens is 2. The van der Waals surface area contributed by atoms with Gasteiger partial charge >= 0.3 is 0 Å². The minimum absolute atomic E-state index is 0.238. The Labute approximate surface area is 129 Å². The summed E-state index contributed by atoms with van der Waals surface area (Å²) in [6.45, 7) is 5.85. The molecule has 6 heteroatoms. The summed E-state index contributed by atoms with van der Waals surface area (Å²) in [6.07, 6.45) is 0. The molecule has 5 nitrogen and oxygen atoms in total. The van der Waals surface area contributed by atoms with E-state index in [1.165, 1.54) is 0 Å². The third kappa shape index (κ3) is 3.95. The smallest absolute Gasteiger partial charge is 0.231 e. The number of halogens is 1. The Kier molecular flexibility index (Phi) is 4.85. The zero-order valence-corrected chi connectivity index (χ0v) is 13.4. The van der Waals surface area contributed by atoms with Crippen LogP contribution in [0, 0.1) is 5.92 Å². The van der Waals surface area contributed by atoms with Crippen LogP contribution in [0.5, 0.6) is 0 Å². The van der Waals surface area contributed by atoms with E-state index >= 15 is 0 Å². The Bertz CT molecular complexity index is 650. The van der Waals surface area contributed by atoms with Crippen LogP contribution in [0.3, 0.4) is 0 Å². The van der Waals surface area contributed by atoms with Crippen molar-refractivity contribution in [1.82, 2.24) is 14.5 Å². The van der Waals surface area contributed by atoms with E-state index in [0.29, 0.717) is 17.5 Å². The number of aryl methyl sites for hydroxylation is 1. The zero-order valence-electron chi connectivity index (χ0n) is 12.6. The van der Waals surface area contributed by atoms with Gasteiger partial charge in [-0.3, -0.25) is 9.69 Å². The number of rotatable bonds is 6. The van der Waals surface area contributed by atoms with Gasteiger partial charge in [0.15, 0.2) is 0 Å². The molecule has 0 saturated carbocycles. The molecule has 0 unspecified atom stereocenters. The lowest BCUT2D eigenvalue weighted by Gasteiger charge is -2.22. The fraction of sp³-hybridized carbons (Fsp3) is 0.467. The number of nitrogens with two attached hydrogens (primary N) is 1. The first-order valence-corrected chi connectivity index (χ1v) is 7.36. The molecule has 0 aliphatic carbocycles. The molecule has 1 heterocycles. The SMILES string of the molecule is CC(C)CN(CC(N)=O)Cc1nc2cc(Cl)ccc2n1C. The molecule has 1 amide bonds. The predicted octanol–water partition coefficient (Wildman–Crippen LogP) is 2.17. The van der Waals surface area contributed by atoms with Crippen LogP contribution in [0.4, 0.5) is 0 Å². The molecule has 1 aromatic carbocycles. The number of hydrogen-bond donors (Lipinski definition) is 1. The maximum Gasteiger partial charge on any atom is 0.231 e. The number of benzene rings is 1. The highest BCUT2D eigenvalue weighted by atomic mass is 35.5. The van der Waals surface area contributed by atoms with Crippen LogP contribution in [-0.2, 0) is 18.4 Å². The third-order valence-corrected chi connectivity index (χ3v) is 3.54. The van der Waals surface area contributed by atoms with E-state index < -0.39 is 0 Å². The summed E-state index contributed by atoms with van der Waals surface area (Å²) in [5.74, 6) is 1.03. The summed E-state index contributed by atoms with van der Waals surface area (Å²) in [6, 6.07) is 5.65. The number of fused-ring (bicyclic) bond motifs is 1. The summed E-state index contributed by atoms with van der Waals surface area (Å²) >= 11 is 6.00. The van der Waals surface area contributed by atoms with Gasteiger partial charge in [-0.25, -0.2) is 4.98 Å². The summed E-state index contributed by atoms with van der Waals surface area (Å²) < 4.78 is 2.03. The average Bonchev–Trinajstić information content (AvgIpc) is 2.64. The topological polar surface area (TPSA) is 64.2 Å². The van der Waals surface area contributed by atoms with Gasteiger partial charge in [0.25, 0.3) is 0 Å². The molecule has 0 spiro atoms. The molecule has 0 saturated heterocycles. The van der Waals surface area contributed by atoms with Gasteiger partial charge in [0, 0.05) is 18.6 Å². The molecule has 21 heavy (non-hydrogen) atoms. The molecule has 114 valence electrons. The maximum absolute atomic E-state index is 11.2. The van der Waals surface area contributed by atoms with Crippen molar-refractivity contribution in [2.75, 3.05) is 13.1 Å². The highest BCUT2D eigenvalue weighted by Gasteiger charge is 2.15. The molecule has 2 rings (SSSR count). The largest absolute Gasteiger partial charge is 0.369 e. The molecule has 0 atom stereocenters. The second-order valence-electron chi connectivity index (χ2n) is 5.75. The summed E-state index contributed by atoms with van der Waals surface area (Å²) in [4.78, 5) is 17.9. The molecular formula is C15H21ClN4O. The minimum atomic E-state index is -0.322. The van der Waals surface area contributed by atoms with Gasteiger partial charge in [-0.2, -0.15) is 0 Å². The van der Waals surface area contributed by atoms with Crippen molar-refractivity contribution in [3.8, 4) is 0 Å². The first kappa shape index (κ1) is 15.8. The van der Waals surface area contributed by atoms with Gasteiger partial charge in [-0.1, -0.05) is 25.4 Å². The fourth-order valence-electron chi connectivity index (χ4n) is 2.49. The van der Waals surface area contributed by atoms with Crippen LogP contribution in [-0.4, -0.2) is 33.4 Å². The molecule has 0 radical (unpaired) electrons. The molecule has 0 aliphatic heterocycles. The monoisotopic (exact) mass is 308 g/mol. The first-order chi connectivity index (χ1) is 9.86. The second kappa shape index (κ2) is 6.45. The minimum Gasteiger partial charge on any atom is -0.369 e. The molecule has 0 aliphatic rings. The van der Waals surface area contributed by atoms with Crippen molar-refractivity contribution < 1.29 is 4.79 Å². The molecule has 2 N–H and O–H groups in total. The number of carbonyl (C=O) groups excluding carboxylic acids is 1. The van der Waals surface area contributed by atoms with Crippen LogP contribution >= 0.6 is 11.6 Å². The van der Waals surface area contributed by atoms with Gasteiger partial charge in [-0.05, 0) is 24.1 Å². The lowest BCUT2D eigenvalue weighted by Crippen LogP contribution is -2.36. The molecule has 2 aromatic rings. The maximum atomic E-state index is 11.2. The fourth-order valence-corrected chi connectivity index (χ4v) is 2.65. The van der Waals surface area contributed by atoms with E-state index in [0.717, 1.165) is 23.4 Å². The number of nitrogens with zero attached hydrogens (tertiary/aromatic N) is 3. The number of carbonyl (C=O) groups is 1. The Hall–Kier alpha value is -1.59. The van der Waals surface area contributed by atoms with Crippen molar-refractivity contribution in [2.24, 2.45) is 18.7 Å². The van der Waals surface area contributed by atoms with Crippen LogP contribution in [0.1, 0.15) is 19.7 Å². The van der Waals surface area contributed by atoms with Crippen molar-refractivity contribution in [3.63, 3.8) is 0 Å². The summed E-state index contributed by atoms with van der Waals surface area (Å²) in [5.41, 5.74) is 7.22. The Morgan fingerprint density at radius 3 is 2.81 bits per heavy atom. The first-order valence-electron chi connectivity index (χ1n) is 6.98. The summed E-state index contributed by atoms with van der Waals surface area (Å²) in [7, 11) is 1.97.